The van der Waals surface area contributed by atoms with E-state index < -0.39 is 5.54 Å². The highest BCUT2D eigenvalue weighted by molar-refractivity contribution is 7.15. The number of nitriles is 1. The third-order valence-electron chi connectivity index (χ3n) is 1.97. The first-order chi connectivity index (χ1) is 5.27. The molecular formula is C8H17N2P. The highest BCUT2D eigenvalue weighted by atomic mass is 31.0. The second-order valence-electron chi connectivity index (χ2n) is 2.83. The zero-order valence-corrected chi connectivity index (χ0v) is 8.29. The van der Waals surface area contributed by atoms with E-state index in [-0.39, 0.29) is 0 Å². The molecule has 1 fully saturated rings. The lowest BCUT2D eigenvalue weighted by Gasteiger charge is -2.25. The van der Waals surface area contributed by atoms with Crippen molar-refractivity contribution in [1.29, 1.82) is 5.26 Å². The molecule has 1 unspecified atom stereocenters. The monoisotopic (exact) mass is 172 g/mol. The van der Waals surface area contributed by atoms with Crippen molar-refractivity contribution in [2.45, 2.75) is 37.6 Å². The molecule has 0 spiro atoms. The van der Waals surface area contributed by atoms with Gasteiger partial charge in [0.25, 0.3) is 0 Å². The van der Waals surface area contributed by atoms with Crippen LogP contribution in [0.15, 0.2) is 0 Å². The van der Waals surface area contributed by atoms with E-state index in [1.807, 2.05) is 6.66 Å². The lowest BCUT2D eigenvalue weighted by atomic mass is 9.84. The Morgan fingerprint density at radius 1 is 1.27 bits per heavy atom. The van der Waals surface area contributed by atoms with Crippen LogP contribution >= 0.6 is 9.24 Å². The summed E-state index contributed by atoms with van der Waals surface area (Å²) in [6.45, 7) is 1.92. The molecule has 0 bridgehead atoms. The maximum absolute atomic E-state index is 8.58. The minimum absolute atomic E-state index is 0.474. The topological polar surface area (TPSA) is 49.8 Å². The van der Waals surface area contributed by atoms with Crippen molar-refractivity contribution in [3.63, 3.8) is 0 Å². The smallest absolute Gasteiger partial charge is 0.104 e. The normalized spacial score (nSPS) is 20.9. The molecular weight excluding hydrogens is 155 g/mol. The Hall–Kier alpha value is -0.120. The van der Waals surface area contributed by atoms with Crippen LogP contribution in [-0.4, -0.2) is 12.2 Å². The van der Waals surface area contributed by atoms with Gasteiger partial charge in [0, 0.05) is 0 Å². The van der Waals surface area contributed by atoms with E-state index in [0.29, 0.717) is 0 Å². The molecule has 64 valence electrons. The Labute approximate surface area is 71.4 Å². The largest absolute Gasteiger partial charge is 0.313 e. The summed E-state index contributed by atoms with van der Waals surface area (Å²) in [5.41, 5.74) is 5.22. The van der Waals surface area contributed by atoms with E-state index in [9.17, 15) is 0 Å². The summed E-state index contributed by atoms with van der Waals surface area (Å²) in [4.78, 5) is 0. The molecule has 1 aliphatic rings. The maximum atomic E-state index is 8.58. The predicted molar refractivity (Wildman–Crippen MR) is 51.3 cm³/mol. The summed E-state index contributed by atoms with van der Waals surface area (Å²) in [6, 6.07) is 2.16. The number of nitrogens with zero attached hydrogens (tertiary/aromatic N) is 1. The van der Waals surface area contributed by atoms with Crippen molar-refractivity contribution in [2.75, 3.05) is 6.66 Å². The highest BCUT2D eigenvalue weighted by Gasteiger charge is 2.26. The van der Waals surface area contributed by atoms with Crippen LogP contribution < -0.4 is 5.73 Å². The molecule has 0 heterocycles. The number of rotatable bonds is 0. The van der Waals surface area contributed by atoms with Crippen molar-refractivity contribution in [3.05, 3.63) is 0 Å². The van der Waals surface area contributed by atoms with Crippen molar-refractivity contribution in [1.82, 2.24) is 0 Å². The second-order valence-corrected chi connectivity index (χ2v) is 2.83. The molecule has 2 N–H and O–H groups in total. The molecule has 0 aliphatic heterocycles. The molecule has 0 aromatic rings. The molecule has 0 aromatic heterocycles. The fourth-order valence-electron chi connectivity index (χ4n) is 1.29. The van der Waals surface area contributed by atoms with Gasteiger partial charge in [-0.2, -0.15) is 5.26 Å². The van der Waals surface area contributed by atoms with Crippen molar-refractivity contribution >= 4 is 9.24 Å². The maximum Gasteiger partial charge on any atom is 0.104 e. The zero-order valence-electron chi connectivity index (χ0n) is 7.14. The molecule has 0 radical (unpaired) electrons. The van der Waals surface area contributed by atoms with Crippen LogP contribution in [-0.2, 0) is 0 Å². The lowest BCUT2D eigenvalue weighted by Crippen LogP contribution is -2.39. The van der Waals surface area contributed by atoms with Gasteiger partial charge in [-0.1, -0.05) is 25.9 Å². The number of nitrogens with two attached hydrogens (primary N) is 1. The standard InChI is InChI=1S/C7H12N2.CH5P/c8-6-7(9)4-2-1-3-5-7;1-2/h1-5,9H2;2H2,1H3. The number of hydrogen-bond acceptors (Lipinski definition) is 2. The fraction of sp³-hybridized carbons (Fsp3) is 0.875. The molecule has 1 saturated carbocycles. The Bertz CT molecular complexity index is 134. The molecule has 1 aliphatic carbocycles. The van der Waals surface area contributed by atoms with E-state index in [1.54, 1.807) is 0 Å². The molecule has 11 heavy (non-hydrogen) atoms. The van der Waals surface area contributed by atoms with E-state index in [0.717, 1.165) is 25.7 Å². The third-order valence-corrected chi connectivity index (χ3v) is 1.97. The molecule has 0 aromatic carbocycles. The summed E-state index contributed by atoms with van der Waals surface area (Å²) in [5, 5.41) is 8.58. The van der Waals surface area contributed by atoms with Crippen molar-refractivity contribution in [3.8, 4) is 6.07 Å². The average molecular weight is 172 g/mol. The highest BCUT2D eigenvalue weighted by Crippen LogP contribution is 2.24. The van der Waals surface area contributed by atoms with E-state index in [4.69, 9.17) is 11.0 Å². The average Bonchev–Trinajstić information content (AvgIpc) is 2.10. The van der Waals surface area contributed by atoms with Gasteiger partial charge in [-0.3, -0.25) is 0 Å². The summed E-state index contributed by atoms with van der Waals surface area (Å²) in [6.07, 6.45) is 5.29. The van der Waals surface area contributed by atoms with Gasteiger partial charge in [-0.25, -0.2) is 0 Å². The summed E-state index contributed by atoms with van der Waals surface area (Å²) < 4.78 is 0. The van der Waals surface area contributed by atoms with Gasteiger partial charge in [0.1, 0.15) is 5.54 Å². The van der Waals surface area contributed by atoms with Crippen molar-refractivity contribution < 1.29 is 0 Å². The Balaban J connectivity index is 0.000000461. The minimum atomic E-state index is -0.474. The molecule has 3 heteroatoms. The third kappa shape index (κ3) is 3.70. The lowest BCUT2D eigenvalue weighted by molar-refractivity contribution is 0.367. The molecule has 2 nitrogen and oxygen atoms in total. The molecule has 1 rings (SSSR count). The van der Waals surface area contributed by atoms with Gasteiger partial charge in [0.05, 0.1) is 6.07 Å². The van der Waals surface area contributed by atoms with Crippen LogP contribution in [0.1, 0.15) is 32.1 Å². The molecule has 0 saturated heterocycles. The first-order valence-electron chi connectivity index (χ1n) is 4.05. The van der Waals surface area contributed by atoms with Crippen molar-refractivity contribution in [2.24, 2.45) is 5.73 Å². The minimum Gasteiger partial charge on any atom is -0.313 e. The molecule has 0 amide bonds. The van der Waals surface area contributed by atoms with Crippen LogP contribution in [0, 0.1) is 11.3 Å². The first-order valence-corrected chi connectivity index (χ1v) is 5.20. The van der Waals surface area contributed by atoms with Gasteiger partial charge in [-0.05, 0) is 12.8 Å². The fourth-order valence-corrected chi connectivity index (χ4v) is 1.29. The number of hydrogen-bond donors (Lipinski definition) is 1. The quantitative estimate of drug-likeness (QED) is 0.565. The Morgan fingerprint density at radius 2 is 1.73 bits per heavy atom. The van der Waals surface area contributed by atoms with Crippen LogP contribution in [0.3, 0.4) is 0 Å². The molecule has 1 atom stereocenters. The first kappa shape index (κ1) is 10.9. The van der Waals surface area contributed by atoms with Crippen LogP contribution in [0.4, 0.5) is 0 Å². The van der Waals surface area contributed by atoms with Gasteiger partial charge < -0.3 is 5.73 Å². The van der Waals surface area contributed by atoms with Gasteiger partial charge in [0.2, 0.25) is 0 Å². The Kier molecular flexibility index (Phi) is 5.46. The van der Waals surface area contributed by atoms with Gasteiger partial charge >= 0.3 is 0 Å². The summed E-state index contributed by atoms with van der Waals surface area (Å²) >= 11 is 0. The van der Waals surface area contributed by atoms with Gasteiger partial charge in [0.15, 0.2) is 0 Å². The van der Waals surface area contributed by atoms with E-state index in [1.165, 1.54) is 6.42 Å². The van der Waals surface area contributed by atoms with Crippen LogP contribution in [0.5, 0.6) is 0 Å². The van der Waals surface area contributed by atoms with E-state index in [2.05, 4.69) is 15.3 Å². The predicted octanol–water partition coefficient (Wildman–Crippen LogP) is 1.66. The SMILES string of the molecule is CP.N#CC1(N)CCCCC1. The van der Waals surface area contributed by atoms with Gasteiger partial charge in [-0.15, -0.1) is 9.24 Å². The second kappa shape index (κ2) is 5.52. The van der Waals surface area contributed by atoms with Crippen LogP contribution in [0.2, 0.25) is 0 Å². The van der Waals surface area contributed by atoms with Crippen LogP contribution in [0.25, 0.3) is 0 Å². The summed E-state index contributed by atoms with van der Waals surface area (Å²) in [7, 11) is 2.42. The summed E-state index contributed by atoms with van der Waals surface area (Å²) in [5.74, 6) is 0. The zero-order chi connectivity index (χ0) is 8.74. The van der Waals surface area contributed by atoms with E-state index >= 15 is 0 Å². The Morgan fingerprint density at radius 3 is 2.00 bits per heavy atom.